The quantitative estimate of drug-likeness (QED) is 0.685. The molecule has 2 atom stereocenters. The second-order valence-corrected chi connectivity index (χ2v) is 9.52. The van der Waals surface area contributed by atoms with E-state index >= 15 is 0 Å². The number of halogens is 1. The zero-order valence-electron chi connectivity index (χ0n) is 16.0. The Morgan fingerprint density at radius 2 is 2.14 bits per heavy atom. The van der Waals surface area contributed by atoms with Gasteiger partial charge in [-0.1, -0.05) is 0 Å². The number of aromatic nitrogens is 1. The second-order valence-electron chi connectivity index (χ2n) is 7.90. The molecule has 150 valence electrons. The molecular formula is C21H27AsClN3O2. The van der Waals surface area contributed by atoms with Crippen molar-refractivity contribution in [2.24, 2.45) is 11.8 Å². The first kappa shape index (κ1) is 20.2. The number of benzene rings is 1. The van der Waals surface area contributed by atoms with Crippen molar-refractivity contribution in [2.45, 2.75) is 19.3 Å². The summed E-state index contributed by atoms with van der Waals surface area (Å²) in [6.45, 7) is 5.92. The molecule has 3 heterocycles. The first-order valence-corrected chi connectivity index (χ1v) is 11.6. The van der Waals surface area contributed by atoms with E-state index < -0.39 is 0 Å². The van der Waals surface area contributed by atoms with Gasteiger partial charge in [0.25, 0.3) is 0 Å². The number of amides is 1. The number of likely N-dealkylation sites (tertiary alicyclic amines) is 1. The summed E-state index contributed by atoms with van der Waals surface area (Å²) in [4.78, 5) is 19.8. The average Bonchev–Trinajstić information content (AvgIpc) is 3.23. The zero-order chi connectivity index (χ0) is 19.5. The number of hydrogen-bond acceptors (Lipinski definition) is 4. The van der Waals surface area contributed by atoms with Crippen molar-refractivity contribution in [2.75, 3.05) is 39.4 Å². The van der Waals surface area contributed by atoms with Crippen molar-refractivity contribution in [3.05, 3.63) is 35.0 Å². The first-order chi connectivity index (χ1) is 13.6. The fraction of sp³-hybridized carbons (Fsp3) is 0.524. The Labute approximate surface area is 179 Å². The summed E-state index contributed by atoms with van der Waals surface area (Å²) in [6, 6.07) is 5.62. The van der Waals surface area contributed by atoms with Crippen molar-refractivity contribution in [3.8, 4) is 0 Å². The van der Waals surface area contributed by atoms with Gasteiger partial charge in [0.2, 0.25) is 0 Å². The molecule has 2 saturated heterocycles. The maximum atomic E-state index is 12.8. The number of pyridine rings is 1. The average molecular weight is 464 g/mol. The number of ether oxygens (including phenoxy) is 1. The Hall–Kier alpha value is -1.13. The predicted octanol–water partition coefficient (Wildman–Crippen LogP) is 1.62. The van der Waals surface area contributed by atoms with Crippen molar-refractivity contribution in [3.63, 3.8) is 0 Å². The van der Waals surface area contributed by atoms with Crippen molar-refractivity contribution in [1.29, 1.82) is 0 Å². The summed E-state index contributed by atoms with van der Waals surface area (Å²) in [7, 11) is 0. The van der Waals surface area contributed by atoms with Crippen LogP contribution in [0, 0.1) is 11.8 Å². The van der Waals surface area contributed by atoms with E-state index in [0.717, 1.165) is 60.9 Å². The van der Waals surface area contributed by atoms with E-state index in [4.69, 9.17) is 16.3 Å². The van der Waals surface area contributed by atoms with Crippen molar-refractivity contribution in [1.82, 2.24) is 15.2 Å². The van der Waals surface area contributed by atoms with Crippen molar-refractivity contribution < 1.29 is 9.53 Å². The molecule has 2 aliphatic rings. The molecule has 7 heteroatoms. The number of nitrogens with zero attached hydrogens (tertiary/aromatic N) is 2. The molecule has 0 bridgehead atoms. The van der Waals surface area contributed by atoms with Crippen LogP contribution >= 0.6 is 11.6 Å². The third-order valence-corrected chi connectivity index (χ3v) is 7.93. The van der Waals surface area contributed by atoms with Crippen LogP contribution in [0.2, 0.25) is 5.02 Å². The van der Waals surface area contributed by atoms with Crippen LogP contribution in [-0.4, -0.2) is 72.0 Å². The standard InChI is InChI=1S/C21H27AsClN3O2/c22-19-16-2-1-6-24-20(16)17(10-18(19)23)21(27)25-11-14-3-7-26(8-4-14)12-15-5-9-28-13-15/h1-2,6,10,14-15H,3-5,7-9,11-13,22H2,(H,25,27)/t15-/m1/s1. The van der Waals surface area contributed by atoms with Crippen LogP contribution in [0.15, 0.2) is 24.4 Å². The van der Waals surface area contributed by atoms with E-state index in [1.807, 2.05) is 12.1 Å². The summed E-state index contributed by atoms with van der Waals surface area (Å²) in [6.07, 6.45) is 5.18. The van der Waals surface area contributed by atoms with Gasteiger partial charge in [-0.2, -0.15) is 0 Å². The van der Waals surface area contributed by atoms with Gasteiger partial charge in [0.1, 0.15) is 0 Å². The van der Waals surface area contributed by atoms with E-state index in [1.54, 1.807) is 12.3 Å². The number of piperidine rings is 1. The molecule has 2 aromatic rings. The van der Waals surface area contributed by atoms with Gasteiger partial charge >= 0.3 is 150 Å². The van der Waals surface area contributed by atoms with Gasteiger partial charge in [0, 0.05) is 6.61 Å². The van der Waals surface area contributed by atoms with E-state index in [0.29, 0.717) is 29.0 Å². The molecular weight excluding hydrogens is 437 g/mol. The van der Waals surface area contributed by atoms with Crippen LogP contribution in [0.3, 0.4) is 0 Å². The molecule has 2 aliphatic heterocycles. The minimum atomic E-state index is -0.0800. The molecule has 1 N–H and O–H groups in total. The third-order valence-electron chi connectivity index (χ3n) is 5.92. The number of fused-ring (bicyclic) bond motifs is 1. The summed E-state index contributed by atoms with van der Waals surface area (Å²) in [5.41, 5.74) is 1.30. The van der Waals surface area contributed by atoms with E-state index in [1.165, 1.54) is 23.3 Å². The van der Waals surface area contributed by atoms with Gasteiger partial charge in [-0.05, 0) is 12.3 Å². The molecule has 28 heavy (non-hydrogen) atoms. The normalized spacial score (nSPS) is 21.3. The number of carbonyl (C=O) groups excluding carboxylic acids is 1. The molecule has 5 nitrogen and oxygen atoms in total. The fourth-order valence-corrected chi connectivity index (χ4v) is 5.08. The summed E-state index contributed by atoms with van der Waals surface area (Å²) < 4.78 is 6.51. The monoisotopic (exact) mass is 463 g/mol. The SMILES string of the molecule is O=C(NCC1CCN(C[C@H]2CCOC2)CC1)c1cc(Cl)c([AsH2])c2cccnc12. The topological polar surface area (TPSA) is 54.5 Å². The third kappa shape index (κ3) is 4.54. The number of nitrogens with one attached hydrogen (secondary N) is 1. The van der Waals surface area contributed by atoms with Gasteiger partial charge in [-0.25, -0.2) is 0 Å². The van der Waals surface area contributed by atoms with Crippen LogP contribution in [-0.2, 0) is 4.74 Å². The summed E-state index contributed by atoms with van der Waals surface area (Å²) >= 11 is 7.81. The van der Waals surface area contributed by atoms with Gasteiger partial charge in [-0.15, -0.1) is 0 Å². The Balaban J connectivity index is 1.33. The van der Waals surface area contributed by atoms with Crippen molar-refractivity contribution >= 4 is 49.6 Å². The maximum absolute atomic E-state index is 12.8. The molecule has 0 radical (unpaired) electrons. The Bertz CT molecular complexity index is 849. The van der Waals surface area contributed by atoms with Crippen LogP contribution in [0.5, 0.6) is 0 Å². The molecule has 1 aromatic heterocycles. The van der Waals surface area contributed by atoms with Gasteiger partial charge < -0.3 is 4.74 Å². The summed E-state index contributed by atoms with van der Waals surface area (Å²) in [5.74, 6) is 1.15. The Morgan fingerprint density at radius 3 is 2.89 bits per heavy atom. The Morgan fingerprint density at radius 1 is 1.32 bits per heavy atom. The molecule has 0 aliphatic carbocycles. The van der Waals surface area contributed by atoms with Gasteiger partial charge in [-0.3, -0.25) is 0 Å². The molecule has 4 rings (SSSR count). The number of carbonyl (C=O) groups is 1. The predicted molar refractivity (Wildman–Crippen MR) is 115 cm³/mol. The van der Waals surface area contributed by atoms with E-state index in [2.05, 4.69) is 15.2 Å². The number of hydrogen-bond donors (Lipinski definition) is 1. The molecule has 1 aromatic carbocycles. The van der Waals surface area contributed by atoms with Crippen LogP contribution in [0.4, 0.5) is 0 Å². The van der Waals surface area contributed by atoms with E-state index in [9.17, 15) is 4.79 Å². The second kappa shape index (κ2) is 9.13. The van der Waals surface area contributed by atoms with Gasteiger partial charge in [0.05, 0.1) is 6.61 Å². The summed E-state index contributed by atoms with van der Waals surface area (Å²) in [5, 5.41) is 4.72. The molecule has 1 amide bonds. The first-order valence-electron chi connectivity index (χ1n) is 10.0. The molecule has 0 spiro atoms. The Kier molecular flexibility index (Phi) is 6.57. The van der Waals surface area contributed by atoms with Gasteiger partial charge in [0.15, 0.2) is 0 Å². The molecule has 1 unspecified atom stereocenters. The fourth-order valence-electron chi connectivity index (χ4n) is 4.21. The molecule has 0 saturated carbocycles. The zero-order valence-corrected chi connectivity index (χ0v) is 19.2. The van der Waals surface area contributed by atoms with Crippen LogP contribution < -0.4 is 9.67 Å². The van der Waals surface area contributed by atoms with Crippen LogP contribution in [0.1, 0.15) is 29.6 Å². The van der Waals surface area contributed by atoms with E-state index in [-0.39, 0.29) is 5.91 Å². The minimum absolute atomic E-state index is 0.0800. The molecule has 2 fully saturated rings. The van der Waals surface area contributed by atoms with Crippen LogP contribution in [0.25, 0.3) is 10.9 Å². The number of rotatable bonds is 5.